The number of hydrogen-bond donors (Lipinski definition) is 1. The minimum atomic E-state index is -4.75. The molecule has 2 atom stereocenters. The zero-order valence-electron chi connectivity index (χ0n) is 17.6. The Balaban J connectivity index is 1.35. The van der Waals surface area contributed by atoms with E-state index in [4.69, 9.17) is 9.47 Å². The summed E-state index contributed by atoms with van der Waals surface area (Å²) in [6.45, 7) is 3.58. The van der Waals surface area contributed by atoms with E-state index in [1.807, 2.05) is 6.92 Å². The van der Waals surface area contributed by atoms with Gasteiger partial charge in [-0.25, -0.2) is 0 Å². The molecule has 176 valence electrons. The smallest absolute Gasteiger partial charge is 0.379 e. The van der Waals surface area contributed by atoms with E-state index < -0.39 is 17.5 Å². The lowest BCUT2D eigenvalue weighted by molar-refractivity contribution is -0.160. The van der Waals surface area contributed by atoms with Crippen LogP contribution in [0.15, 0.2) is 22.7 Å². The van der Waals surface area contributed by atoms with E-state index in [-0.39, 0.29) is 41.9 Å². The minimum Gasteiger partial charge on any atom is -0.379 e. The Hall–Kier alpha value is -2.99. The second-order valence-corrected chi connectivity index (χ2v) is 8.79. The van der Waals surface area contributed by atoms with Crippen molar-refractivity contribution >= 4 is 11.8 Å². The van der Waals surface area contributed by atoms with Crippen molar-refractivity contribution < 1.29 is 36.8 Å². The van der Waals surface area contributed by atoms with Crippen molar-refractivity contribution in [1.82, 2.24) is 20.4 Å². The summed E-state index contributed by atoms with van der Waals surface area (Å²) in [6, 6.07) is 4.02. The number of carbonyl (C=O) groups is 2. The van der Waals surface area contributed by atoms with E-state index in [1.54, 1.807) is 17.0 Å². The highest BCUT2D eigenvalue weighted by Crippen LogP contribution is 2.33. The molecule has 5 rings (SSSR count). The third-order valence-electron chi connectivity index (χ3n) is 6.30. The van der Waals surface area contributed by atoms with Crippen LogP contribution in [-0.2, 0) is 27.0 Å². The van der Waals surface area contributed by atoms with Crippen LogP contribution in [0.2, 0.25) is 0 Å². The molecule has 2 amide bonds. The lowest BCUT2D eigenvalue weighted by Gasteiger charge is -2.42. The fraction of sp³-hybridized carbons (Fsp3) is 0.524. The molecule has 1 unspecified atom stereocenters. The van der Waals surface area contributed by atoms with E-state index in [0.717, 1.165) is 5.56 Å². The highest BCUT2D eigenvalue weighted by molar-refractivity contribution is 5.99. The molecular weight excluding hydrogens is 445 g/mol. The number of halogens is 3. The number of benzene rings is 1. The number of nitrogens with zero attached hydrogens (tertiary/aromatic N) is 3. The molecule has 4 heterocycles. The van der Waals surface area contributed by atoms with Gasteiger partial charge in [-0.1, -0.05) is 17.3 Å². The normalized spacial score (nSPS) is 24.4. The second-order valence-electron chi connectivity index (χ2n) is 8.79. The van der Waals surface area contributed by atoms with Gasteiger partial charge in [-0.2, -0.15) is 18.2 Å². The first-order valence-corrected chi connectivity index (χ1v) is 10.5. The molecule has 1 aromatic carbocycles. The van der Waals surface area contributed by atoms with Gasteiger partial charge < -0.3 is 24.2 Å². The summed E-state index contributed by atoms with van der Waals surface area (Å²) in [7, 11) is 0. The van der Waals surface area contributed by atoms with Gasteiger partial charge in [-0.15, -0.1) is 0 Å². The number of aromatic nitrogens is 2. The highest BCUT2D eigenvalue weighted by Gasteiger charge is 2.45. The molecule has 3 aliphatic rings. The molecule has 0 radical (unpaired) electrons. The average molecular weight is 466 g/mol. The number of alkyl halides is 3. The molecule has 33 heavy (non-hydrogen) atoms. The van der Waals surface area contributed by atoms with Crippen molar-refractivity contribution in [2.24, 2.45) is 5.41 Å². The van der Waals surface area contributed by atoms with Crippen LogP contribution in [0, 0.1) is 5.41 Å². The Bertz CT molecular complexity index is 1100. The second kappa shape index (κ2) is 7.80. The van der Waals surface area contributed by atoms with Crippen LogP contribution in [0.25, 0.3) is 11.4 Å². The summed E-state index contributed by atoms with van der Waals surface area (Å²) < 4.78 is 53.4. The fourth-order valence-electron chi connectivity index (χ4n) is 4.27. The molecule has 2 aromatic rings. The maximum atomic E-state index is 13.2. The van der Waals surface area contributed by atoms with Crippen molar-refractivity contribution in [3.05, 3.63) is 35.2 Å². The summed E-state index contributed by atoms with van der Waals surface area (Å²) in [4.78, 5) is 31.0. The lowest BCUT2D eigenvalue weighted by atomic mass is 9.86. The Kier molecular flexibility index (Phi) is 5.16. The van der Waals surface area contributed by atoms with Gasteiger partial charge in [0.15, 0.2) is 0 Å². The summed E-state index contributed by atoms with van der Waals surface area (Å²) in [5, 5.41) is 6.44. The molecule has 2 saturated heterocycles. The van der Waals surface area contributed by atoms with Gasteiger partial charge in [0, 0.05) is 24.3 Å². The number of amides is 2. The van der Waals surface area contributed by atoms with Gasteiger partial charge in [0.2, 0.25) is 11.7 Å². The van der Waals surface area contributed by atoms with Crippen LogP contribution < -0.4 is 5.32 Å². The van der Waals surface area contributed by atoms with Gasteiger partial charge in [-0.05, 0) is 25.0 Å². The van der Waals surface area contributed by atoms with Crippen LogP contribution in [-0.4, -0.2) is 65.4 Å². The molecule has 0 aliphatic carbocycles. The number of rotatable bonds is 4. The molecule has 9 nitrogen and oxygen atoms in total. The van der Waals surface area contributed by atoms with E-state index in [2.05, 4.69) is 20.0 Å². The number of hydrogen-bond acceptors (Lipinski definition) is 7. The van der Waals surface area contributed by atoms with E-state index >= 15 is 0 Å². The van der Waals surface area contributed by atoms with Crippen molar-refractivity contribution in [2.75, 3.05) is 26.4 Å². The van der Waals surface area contributed by atoms with Crippen molar-refractivity contribution in [3.8, 4) is 11.4 Å². The van der Waals surface area contributed by atoms with Gasteiger partial charge in [0.25, 0.3) is 5.91 Å². The van der Waals surface area contributed by atoms with Gasteiger partial charge in [0.05, 0.1) is 37.3 Å². The quantitative estimate of drug-likeness (QED) is 0.735. The van der Waals surface area contributed by atoms with Gasteiger partial charge in [-0.3, -0.25) is 9.59 Å². The van der Waals surface area contributed by atoms with Crippen LogP contribution in [0.1, 0.15) is 35.2 Å². The predicted octanol–water partition coefficient (Wildman–Crippen LogP) is 2.02. The first kappa shape index (κ1) is 21.8. The highest BCUT2D eigenvalue weighted by atomic mass is 19.4. The Labute approximate surface area is 186 Å². The van der Waals surface area contributed by atoms with Crippen molar-refractivity contribution in [2.45, 2.75) is 38.1 Å². The number of nitrogens with one attached hydrogen (secondary N) is 1. The lowest BCUT2D eigenvalue weighted by Crippen LogP contribution is -2.61. The third kappa shape index (κ3) is 3.86. The van der Waals surface area contributed by atoms with Crippen LogP contribution in [0.3, 0.4) is 0 Å². The predicted molar refractivity (Wildman–Crippen MR) is 105 cm³/mol. The standard InChI is InChI=1S/C21H21F3N4O5/c1-20(9-32-10-20)18(30)25-14-4-5-31-8-15(14)28-7-12-3-2-11(6-13(12)17(28)29)16-26-19(33-27-16)21(22,23)24/h2-3,6,14-15H,4-5,7-10H2,1H3,(H,25,30)/t14-,15?/m1/s1. The van der Waals surface area contributed by atoms with Crippen molar-refractivity contribution in [1.29, 1.82) is 0 Å². The number of ether oxygens (including phenoxy) is 2. The Morgan fingerprint density at radius 3 is 2.73 bits per heavy atom. The molecule has 2 fully saturated rings. The Morgan fingerprint density at radius 1 is 1.27 bits per heavy atom. The van der Waals surface area contributed by atoms with E-state index in [9.17, 15) is 22.8 Å². The molecule has 1 aromatic heterocycles. The van der Waals surface area contributed by atoms with Crippen LogP contribution in [0.4, 0.5) is 13.2 Å². The number of carbonyl (C=O) groups excluding carboxylic acids is 2. The molecule has 0 saturated carbocycles. The summed E-state index contributed by atoms with van der Waals surface area (Å²) in [5.74, 6) is -2.11. The monoisotopic (exact) mass is 466 g/mol. The molecule has 1 N–H and O–H groups in total. The topological polar surface area (TPSA) is 107 Å². The molecule has 0 spiro atoms. The molecular formula is C21H21F3N4O5. The maximum Gasteiger partial charge on any atom is 0.471 e. The van der Waals surface area contributed by atoms with Crippen molar-refractivity contribution in [3.63, 3.8) is 0 Å². The van der Waals surface area contributed by atoms with E-state index in [0.29, 0.717) is 38.3 Å². The molecule has 12 heteroatoms. The minimum absolute atomic E-state index is 0.116. The first-order chi connectivity index (χ1) is 15.7. The van der Waals surface area contributed by atoms with Gasteiger partial charge >= 0.3 is 12.1 Å². The molecule has 0 bridgehead atoms. The molecule has 3 aliphatic heterocycles. The summed E-state index contributed by atoms with van der Waals surface area (Å²) in [6.07, 6.45) is -4.19. The van der Waals surface area contributed by atoms with Gasteiger partial charge in [0.1, 0.15) is 0 Å². The third-order valence-corrected chi connectivity index (χ3v) is 6.30. The average Bonchev–Trinajstić information content (AvgIpc) is 3.38. The SMILES string of the molecule is CC1(C(=O)N[C@@H]2CCOCC2N2Cc3ccc(-c4noc(C(F)(F)F)n4)cc3C2=O)COC1. The number of fused-ring (bicyclic) bond motifs is 1. The zero-order chi connectivity index (χ0) is 23.4. The van der Waals surface area contributed by atoms with Crippen LogP contribution in [0.5, 0.6) is 0 Å². The summed E-state index contributed by atoms with van der Waals surface area (Å²) in [5.41, 5.74) is 0.736. The Morgan fingerprint density at radius 2 is 2.06 bits per heavy atom. The summed E-state index contributed by atoms with van der Waals surface area (Å²) >= 11 is 0. The first-order valence-electron chi connectivity index (χ1n) is 10.5. The fourth-order valence-corrected chi connectivity index (χ4v) is 4.27. The zero-order valence-corrected chi connectivity index (χ0v) is 17.6. The maximum absolute atomic E-state index is 13.2. The van der Waals surface area contributed by atoms with Crippen LogP contribution >= 0.6 is 0 Å². The van der Waals surface area contributed by atoms with E-state index in [1.165, 1.54) is 6.07 Å². The largest absolute Gasteiger partial charge is 0.471 e.